The standard InChI is InChI=1S/C5H10F3N3O.ClH/c1-3(9)4(12)11-10-2-5(6,7)8;/h3,10H,2,9H2,1H3,(H,11,12);1H/t3-;/m1./s1. The molecule has 0 radical (unpaired) electrons. The van der Waals surface area contributed by atoms with Gasteiger partial charge in [-0.1, -0.05) is 0 Å². The van der Waals surface area contributed by atoms with Crippen LogP contribution < -0.4 is 16.6 Å². The molecule has 0 saturated heterocycles. The van der Waals surface area contributed by atoms with Crippen LogP contribution in [-0.2, 0) is 4.79 Å². The number of carbonyl (C=O) groups excluding carboxylic acids is 1. The number of nitrogens with two attached hydrogens (primary N) is 1. The fourth-order valence-electron chi connectivity index (χ4n) is 0.345. The van der Waals surface area contributed by atoms with Gasteiger partial charge in [-0.2, -0.15) is 13.2 Å². The summed E-state index contributed by atoms with van der Waals surface area (Å²) >= 11 is 0. The Labute approximate surface area is 79.4 Å². The van der Waals surface area contributed by atoms with Gasteiger partial charge in [0.15, 0.2) is 0 Å². The minimum atomic E-state index is -4.34. The summed E-state index contributed by atoms with van der Waals surface area (Å²) in [7, 11) is 0. The van der Waals surface area contributed by atoms with Gasteiger partial charge in [-0.15, -0.1) is 12.4 Å². The van der Waals surface area contributed by atoms with E-state index in [2.05, 4.69) is 0 Å². The monoisotopic (exact) mass is 221 g/mol. The number of halogens is 4. The van der Waals surface area contributed by atoms with Crippen molar-refractivity contribution in [3.8, 4) is 0 Å². The Morgan fingerprint density at radius 1 is 1.54 bits per heavy atom. The molecule has 4 nitrogen and oxygen atoms in total. The third-order valence-corrected chi connectivity index (χ3v) is 0.914. The molecule has 0 aliphatic rings. The van der Waals surface area contributed by atoms with Gasteiger partial charge in [-0.25, -0.2) is 5.43 Å². The molecule has 0 rings (SSSR count). The zero-order valence-corrected chi connectivity index (χ0v) is 7.63. The highest BCUT2D eigenvalue weighted by atomic mass is 35.5. The number of hydrazine groups is 1. The summed E-state index contributed by atoms with van der Waals surface area (Å²) in [6, 6.07) is -0.828. The molecule has 4 N–H and O–H groups in total. The molecule has 80 valence electrons. The van der Waals surface area contributed by atoms with Crippen molar-refractivity contribution in [3.05, 3.63) is 0 Å². The van der Waals surface area contributed by atoms with Crippen LogP contribution in [-0.4, -0.2) is 24.7 Å². The lowest BCUT2D eigenvalue weighted by Gasteiger charge is -2.10. The highest BCUT2D eigenvalue weighted by Gasteiger charge is 2.26. The smallest absolute Gasteiger partial charge is 0.320 e. The first-order valence-electron chi connectivity index (χ1n) is 3.18. The number of hydrogen-bond donors (Lipinski definition) is 3. The average Bonchev–Trinajstić information content (AvgIpc) is 1.84. The maximum absolute atomic E-state index is 11.5. The predicted octanol–water partition coefficient (Wildman–Crippen LogP) is -0.0615. The second kappa shape index (κ2) is 6.01. The van der Waals surface area contributed by atoms with E-state index < -0.39 is 24.7 Å². The normalized spacial score (nSPS) is 13.0. The summed E-state index contributed by atoms with van der Waals surface area (Å²) in [5.74, 6) is -0.681. The van der Waals surface area contributed by atoms with Crippen LogP contribution in [0, 0.1) is 0 Å². The van der Waals surface area contributed by atoms with Crippen LogP contribution in [0.2, 0.25) is 0 Å². The summed E-state index contributed by atoms with van der Waals surface area (Å²) < 4.78 is 34.4. The molecule has 0 aromatic carbocycles. The Balaban J connectivity index is 0. The van der Waals surface area contributed by atoms with E-state index in [4.69, 9.17) is 5.73 Å². The van der Waals surface area contributed by atoms with E-state index in [1.54, 1.807) is 10.9 Å². The van der Waals surface area contributed by atoms with Gasteiger partial charge in [-0.05, 0) is 6.92 Å². The van der Waals surface area contributed by atoms with Gasteiger partial charge in [0.2, 0.25) is 0 Å². The molecule has 0 aromatic rings. The molecule has 13 heavy (non-hydrogen) atoms. The topological polar surface area (TPSA) is 67.2 Å². The summed E-state index contributed by atoms with van der Waals surface area (Å²) in [4.78, 5) is 10.6. The molecule has 0 aromatic heterocycles. The first-order valence-corrected chi connectivity index (χ1v) is 3.18. The van der Waals surface area contributed by atoms with E-state index in [1.807, 2.05) is 0 Å². The molecule has 8 heteroatoms. The molecule has 0 saturated carbocycles. The molecule has 0 heterocycles. The minimum absolute atomic E-state index is 0. The maximum atomic E-state index is 11.5. The van der Waals surface area contributed by atoms with Crippen LogP contribution in [0.1, 0.15) is 6.92 Å². The van der Waals surface area contributed by atoms with Crippen LogP contribution in [0.25, 0.3) is 0 Å². The van der Waals surface area contributed by atoms with Gasteiger partial charge >= 0.3 is 6.18 Å². The highest BCUT2D eigenvalue weighted by molar-refractivity contribution is 5.85. The zero-order valence-electron chi connectivity index (χ0n) is 6.81. The minimum Gasteiger partial charge on any atom is -0.320 e. The Kier molecular flexibility index (Phi) is 6.91. The molecule has 0 fully saturated rings. The maximum Gasteiger partial charge on any atom is 0.402 e. The zero-order chi connectivity index (χ0) is 9.78. The van der Waals surface area contributed by atoms with Crippen LogP contribution in [0.3, 0.4) is 0 Å². The van der Waals surface area contributed by atoms with E-state index in [-0.39, 0.29) is 12.4 Å². The SMILES string of the molecule is C[C@@H](N)C(=O)NNCC(F)(F)F.Cl. The van der Waals surface area contributed by atoms with Gasteiger partial charge in [0.25, 0.3) is 5.91 Å². The largest absolute Gasteiger partial charge is 0.402 e. The third-order valence-electron chi connectivity index (χ3n) is 0.914. The summed E-state index contributed by atoms with van der Waals surface area (Å²) in [6.45, 7) is 0.0933. The Bertz CT molecular complexity index is 162. The van der Waals surface area contributed by atoms with E-state index >= 15 is 0 Å². The lowest BCUT2D eigenvalue weighted by molar-refractivity contribution is -0.132. The third kappa shape index (κ3) is 9.38. The quantitative estimate of drug-likeness (QED) is 0.585. The molecule has 0 bridgehead atoms. The predicted molar refractivity (Wildman–Crippen MR) is 43.1 cm³/mol. The molecule has 0 aliphatic heterocycles. The number of amides is 1. The molecular formula is C5H11ClF3N3O. The van der Waals surface area contributed by atoms with Gasteiger partial charge in [0.1, 0.15) is 6.54 Å². The van der Waals surface area contributed by atoms with Gasteiger partial charge < -0.3 is 5.73 Å². The Morgan fingerprint density at radius 2 is 2.00 bits per heavy atom. The highest BCUT2D eigenvalue weighted by Crippen LogP contribution is 2.11. The first kappa shape index (κ1) is 15.0. The summed E-state index contributed by atoms with van der Waals surface area (Å²) in [5, 5.41) is 0. The molecule has 1 amide bonds. The van der Waals surface area contributed by atoms with Crippen LogP contribution in [0.15, 0.2) is 0 Å². The summed E-state index contributed by atoms with van der Waals surface area (Å²) in [5.41, 5.74) is 8.56. The molecule has 1 atom stereocenters. The summed E-state index contributed by atoms with van der Waals surface area (Å²) in [6.07, 6.45) is -4.34. The number of carbonyl (C=O) groups is 1. The average molecular weight is 222 g/mol. The fraction of sp³-hybridized carbons (Fsp3) is 0.800. The number of nitrogens with one attached hydrogen (secondary N) is 2. The van der Waals surface area contributed by atoms with E-state index in [1.165, 1.54) is 6.92 Å². The fourth-order valence-corrected chi connectivity index (χ4v) is 0.345. The van der Waals surface area contributed by atoms with Crippen molar-refractivity contribution >= 4 is 18.3 Å². The van der Waals surface area contributed by atoms with E-state index in [0.29, 0.717) is 0 Å². The van der Waals surface area contributed by atoms with Crippen LogP contribution in [0.4, 0.5) is 13.2 Å². The first-order chi connectivity index (χ1) is 5.33. The van der Waals surface area contributed by atoms with Crippen LogP contribution >= 0.6 is 12.4 Å². The lowest BCUT2D eigenvalue weighted by Crippen LogP contribution is -2.48. The van der Waals surface area contributed by atoms with Crippen molar-refractivity contribution in [1.82, 2.24) is 10.9 Å². The van der Waals surface area contributed by atoms with E-state index in [9.17, 15) is 18.0 Å². The van der Waals surface area contributed by atoms with Crippen molar-refractivity contribution in [2.24, 2.45) is 5.73 Å². The van der Waals surface area contributed by atoms with E-state index in [0.717, 1.165) is 0 Å². The van der Waals surface area contributed by atoms with Crippen molar-refractivity contribution in [2.75, 3.05) is 6.54 Å². The number of rotatable bonds is 3. The van der Waals surface area contributed by atoms with Crippen molar-refractivity contribution in [2.45, 2.75) is 19.1 Å². The van der Waals surface area contributed by atoms with Crippen molar-refractivity contribution in [3.63, 3.8) is 0 Å². The number of alkyl halides is 3. The van der Waals surface area contributed by atoms with Gasteiger partial charge in [0.05, 0.1) is 6.04 Å². The van der Waals surface area contributed by atoms with Gasteiger partial charge in [0, 0.05) is 0 Å². The van der Waals surface area contributed by atoms with Crippen molar-refractivity contribution < 1.29 is 18.0 Å². The molecule has 0 spiro atoms. The van der Waals surface area contributed by atoms with Crippen molar-refractivity contribution in [1.29, 1.82) is 0 Å². The number of hydrogen-bond acceptors (Lipinski definition) is 3. The van der Waals surface area contributed by atoms with Crippen LogP contribution in [0.5, 0.6) is 0 Å². The van der Waals surface area contributed by atoms with Gasteiger partial charge in [-0.3, -0.25) is 10.2 Å². The Hall–Kier alpha value is -0.530. The second-order valence-electron chi connectivity index (χ2n) is 2.25. The lowest BCUT2D eigenvalue weighted by atomic mass is 10.3. The second-order valence-corrected chi connectivity index (χ2v) is 2.25. The molecular weight excluding hydrogens is 211 g/mol. The molecule has 0 aliphatic carbocycles. The molecule has 0 unspecified atom stereocenters. The Morgan fingerprint density at radius 3 is 2.31 bits per heavy atom.